The molecule has 0 amide bonds. The molecule has 2 heterocycles. The number of nitro groups is 1. The molecule has 0 radical (unpaired) electrons. The maximum Gasteiger partial charge on any atom is 0.290 e. The predicted molar refractivity (Wildman–Crippen MR) is 72.6 cm³/mol. The van der Waals surface area contributed by atoms with Crippen LogP contribution in [0.15, 0.2) is 35.1 Å². The van der Waals surface area contributed by atoms with Crippen molar-refractivity contribution in [3.63, 3.8) is 0 Å². The molecule has 2 rings (SSSR count). The molecule has 0 saturated carbocycles. The number of rotatable bonds is 6. The number of anilines is 1. The van der Waals surface area contributed by atoms with E-state index in [1.165, 1.54) is 6.20 Å². The van der Waals surface area contributed by atoms with Gasteiger partial charge in [-0.2, -0.15) is 0 Å². The minimum atomic E-state index is -0.453. The molecule has 106 valence electrons. The van der Waals surface area contributed by atoms with Gasteiger partial charge in [-0.05, 0) is 25.1 Å². The second-order valence-electron chi connectivity index (χ2n) is 4.28. The van der Waals surface area contributed by atoms with Crippen LogP contribution in [0, 0.1) is 17.0 Å². The highest BCUT2D eigenvalue weighted by atomic mass is 16.6. The van der Waals surface area contributed by atoms with Crippen LogP contribution in [0.4, 0.5) is 11.5 Å². The van der Waals surface area contributed by atoms with Gasteiger partial charge in [0.05, 0.1) is 17.8 Å². The number of nitrogens with one attached hydrogen (secondary N) is 1. The van der Waals surface area contributed by atoms with E-state index in [9.17, 15) is 10.1 Å². The first-order valence-corrected chi connectivity index (χ1v) is 6.01. The van der Waals surface area contributed by atoms with Gasteiger partial charge in [0.1, 0.15) is 23.8 Å². The Balaban J connectivity index is 2.19. The molecule has 0 fully saturated rings. The fourth-order valence-electron chi connectivity index (χ4n) is 1.85. The largest absolute Gasteiger partial charge is 0.467 e. The summed E-state index contributed by atoms with van der Waals surface area (Å²) >= 11 is 0. The molecular formula is C13H15N3O4. The fourth-order valence-corrected chi connectivity index (χ4v) is 1.85. The van der Waals surface area contributed by atoms with Crippen LogP contribution in [-0.4, -0.2) is 23.6 Å². The Bertz CT molecular complexity index is 583. The maximum absolute atomic E-state index is 10.8. The zero-order valence-electron chi connectivity index (χ0n) is 11.2. The van der Waals surface area contributed by atoms with E-state index in [1.807, 2.05) is 6.07 Å². The summed E-state index contributed by atoms with van der Waals surface area (Å²) in [6, 6.07) is 5.04. The van der Waals surface area contributed by atoms with Gasteiger partial charge in [-0.1, -0.05) is 0 Å². The van der Waals surface area contributed by atoms with Gasteiger partial charge in [-0.3, -0.25) is 10.1 Å². The zero-order valence-corrected chi connectivity index (χ0v) is 11.2. The molecule has 0 spiro atoms. The SMILES string of the molecule is COCC(Nc1cc(C)c([N+](=O)[O-])cn1)c1ccco1. The second-order valence-corrected chi connectivity index (χ2v) is 4.28. The number of nitrogens with zero attached hydrogens (tertiary/aromatic N) is 2. The lowest BCUT2D eigenvalue weighted by Gasteiger charge is -2.16. The van der Waals surface area contributed by atoms with Crippen molar-refractivity contribution in [3.05, 3.63) is 52.1 Å². The first kappa shape index (κ1) is 14.0. The zero-order chi connectivity index (χ0) is 14.5. The Hall–Kier alpha value is -2.41. The molecule has 7 heteroatoms. The van der Waals surface area contributed by atoms with E-state index >= 15 is 0 Å². The number of methoxy groups -OCH3 is 1. The van der Waals surface area contributed by atoms with Crippen LogP contribution >= 0.6 is 0 Å². The quantitative estimate of drug-likeness (QED) is 0.644. The monoisotopic (exact) mass is 277 g/mol. The molecule has 0 aliphatic heterocycles. The van der Waals surface area contributed by atoms with Gasteiger partial charge in [-0.25, -0.2) is 4.98 Å². The summed E-state index contributed by atoms with van der Waals surface area (Å²) in [4.78, 5) is 14.3. The molecule has 0 aliphatic rings. The third kappa shape index (κ3) is 3.12. The van der Waals surface area contributed by atoms with Crippen LogP contribution in [0.3, 0.4) is 0 Å². The number of aryl methyl sites for hydroxylation is 1. The normalized spacial score (nSPS) is 12.1. The van der Waals surface area contributed by atoms with Gasteiger partial charge < -0.3 is 14.5 Å². The van der Waals surface area contributed by atoms with Crippen molar-refractivity contribution < 1.29 is 14.1 Å². The summed E-state index contributed by atoms with van der Waals surface area (Å²) in [6.07, 6.45) is 2.82. The Morgan fingerprint density at radius 3 is 2.95 bits per heavy atom. The lowest BCUT2D eigenvalue weighted by Crippen LogP contribution is -2.16. The molecule has 0 aliphatic carbocycles. The predicted octanol–water partition coefficient (Wildman–Crippen LogP) is 2.69. The van der Waals surface area contributed by atoms with Gasteiger partial charge in [0.2, 0.25) is 0 Å². The van der Waals surface area contributed by atoms with Crippen LogP contribution in [0.2, 0.25) is 0 Å². The van der Waals surface area contributed by atoms with Gasteiger partial charge in [-0.15, -0.1) is 0 Å². The topological polar surface area (TPSA) is 90.4 Å². The number of furan rings is 1. The summed E-state index contributed by atoms with van der Waals surface area (Å²) in [5.41, 5.74) is 0.542. The number of ether oxygens (including phenoxy) is 1. The van der Waals surface area contributed by atoms with Gasteiger partial charge in [0, 0.05) is 12.7 Å². The highest BCUT2D eigenvalue weighted by Gasteiger charge is 2.17. The third-order valence-corrected chi connectivity index (χ3v) is 2.82. The highest BCUT2D eigenvalue weighted by Crippen LogP contribution is 2.23. The summed E-state index contributed by atoms with van der Waals surface area (Å²) in [6.45, 7) is 2.06. The standard InChI is InChI=1S/C13H15N3O4/c1-9-6-13(14-7-11(9)16(17)18)15-10(8-19-2)12-4-3-5-20-12/h3-7,10H,8H2,1-2H3,(H,14,15). The molecule has 7 nitrogen and oxygen atoms in total. The molecule has 0 aromatic carbocycles. The van der Waals surface area contributed by atoms with Gasteiger partial charge in [0.15, 0.2) is 0 Å². The Labute approximate surface area is 115 Å². The lowest BCUT2D eigenvalue weighted by molar-refractivity contribution is -0.385. The van der Waals surface area contributed by atoms with E-state index in [-0.39, 0.29) is 11.7 Å². The summed E-state index contributed by atoms with van der Waals surface area (Å²) in [5.74, 6) is 1.25. The van der Waals surface area contributed by atoms with E-state index in [0.717, 1.165) is 0 Å². The van der Waals surface area contributed by atoms with E-state index in [2.05, 4.69) is 10.3 Å². The van der Waals surface area contributed by atoms with Crippen LogP contribution in [0.1, 0.15) is 17.4 Å². The second kappa shape index (κ2) is 6.16. The first-order valence-electron chi connectivity index (χ1n) is 6.01. The smallest absolute Gasteiger partial charge is 0.290 e. The minimum absolute atomic E-state index is 0.00293. The summed E-state index contributed by atoms with van der Waals surface area (Å²) in [7, 11) is 1.59. The summed E-state index contributed by atoms with van der Waals surface area (Å²) < 4.78 is 10.5. The lowest BCUT2D eigenvalue weighted by atomic mass is 10.2. The van der Waals surface area contributed by atoms with Crippen molar-refractivity contribution in [2.75, 3.05) is 19.0 Å². The Morgan fingerprint density at radius 1 is 1.60 bits per heavy atom. The number of pyridine rings is 1. The van der Waals surface area contributed by atoms with Crippen LogP contribution in [0.25, 0.3) is 0 Å². The number of hydrogen-bond acceptors (Lipinski definition) is 6. The van der Waals surface area contributed by atoms with Crippen LogP contribution in [-0.2, 0) is 4.74 Å². The maximum atomic E-state index is 10.8. The fraction of sp³-hybridized carbons (Fsp3) is 0.308. The van der Waals surface area contributed by atoms with Crippen molar-refractivity contribution in [1.82, 2.24) is 4.98 Å². The van der Waals surface area contributed by atoms with E-state index < -0.39 is 4.92 Å². The van der Waals surface area contributed by atoms with Crippen molar-refractivity contribution in [2.24, 2.45) is 0 Å². The molecular weight excluding hydrogens is 262 g/mol. The number of hydrogen-bond donors (Lipinski definition) is 1. The molecule has 1 unspecified atom stereocenters. The first-order chi connectivity index (χ1) is 9.61. The van der Waals surface area contributed by atoms with Crippen LogP contribution < -0.4 is 5.32 Å². The molecule has 20 heavy (non-hydrogen) atoms. The summed E-state index contributed by atoms with van der Waals surface area (Å²) in [5, 5.41) is 13.9. The molecule has 0 saturated heterocycles. The van der Waals surface area contributed by atoms with E-state index in [0.29, 0.717) is 23.7 Å². The highest BCUT2D eigenvalue weighted by molar-refractivity contribution is 5.47. The molecule has 2 aromatic rings. The van der Waals surface area contributed by atoms with E-state index in [1.54, 1.807) is 32.4 Å². The molecule has 1 N–H and O–H groups in total. The average Bonchev–Trinajstić information content (AvgIpc) is 2.91. The van der Waals surface area contributed by atoms with Gasteiger partial charge in [0.25, 0.3) is 5.69 Å². The van der Waals surface area contributed by atoms with Crippen molar-refractivity contribution in [2.45, 2.75) is 13.0 Å². The molecule has 0 bridgehead atoms. The van der Waals surface area contributed by atoms with Gasteiger partial charge >= 0.3 is 0 Å². The minimum Gasteiger partial charge on any atom is -0.467 e. The van der Waals surface area contributed by atoms with Crippen molar-refractivity contribution >= 4 is 11.5 Å². The Morgan fingerprint density at radius 2 is 2.40 bits per heavy atom. The number of aromatic nitrogens is 1. The van der Waals surface area contributed by atoms with Crippen molar-refractivity contribution in [1.29, 1.82) is 0 Å². The average molecular weight is 277 g/mol. The molecule has 2 aromatic heterocycles. The Kier molecular flexibility index (Phi) is 4.31. The molecule has 1 atom stereocenters. The van der Waals surface area contributed by atoms with Crippen molar-refractivity contribution in [3.8, 4) is 0 Å². The van der Waals surface area contributed by atoms with Crippen LogP contribution in [0.5, 0.6) is 0 Å². The van der Waals surface area contributed by atoms with E-state index in [4.69, 9.17) is 9.15 Å². The third-order valence-electron chi connectivity index (χ3n) is 2.82.